The van der Waals surface area contributed by atoms with Gasteiger partial charge < -0.3 is 9.80 Å². The van der Waals surface area contributed by atoms with E-state index >= 15 is 0 Å². The summed E-state index contributed by atoms with van der Waals surface area (Å²) < 4.78 is 14.3. The number of halogens is 1. The van der Waals surface area contributed by atoms with Crippen LogP contribution in [0, 0.1) is 12.7 Å². The molecular weight excluding hydrogens is 239 g/mol. The molecule has 2 rings (SSSR count). The Morgan fingerprint density at radius 1 is 1.26 bits per heavy atom. The molecule has 0 aromatic heterocycles. The Balaban J connectivity index is 2.19. The smallest absolute Gasteiger partial charge is 0.147 e. The molecule has 0 radical (unpaired) electrons. The Kier molecular flexibility index (Phi) is 4.46. The fourth-order valence-electron chi connectivity index (χ4n) is 3.04. The fraction of sp³-hybridized carbons (Fsp3) is 0.625. The van der Waals surface area contributed by atoms with Crippen LogP contribution in [0.1, 0.15) is 30.9 Å². The Labute approximate surface area is 116 Å². The van der Waals surface area contributed by atoms with Crippen LogP contribution in [-0.4, -0.2) is 38.1 Å². The summed E-state index contributed by atoms with van der Waals surface area (Å²) in [5, 5.41) is 0. The molecule has 1 aromatic carbocycles. The lowest BCUT2D eigenvalue weighted by Crippen LogP contribution is -2.42. The SMILES string of the molecule is CCc1cc(C)cc(F)c1N1CCC(N(C)C)CC1. The zero-order chi connectivity index (χ0) is 14.0. The van der Waals surface area contributed by atoms with Gasteiger partial charge in [-0.15, -0.1) is 0 Å². The van der Waals surface area contributed by atoms with E-state index in [-0.39, 0.29) is 5.82 Å². The molecule has 1 heterocycles. The standard InChI is InChI=1S/C16H25FN2/c1-5-13-10-12(2)11-15(17)16(13)19-8-6-14(7-9-19)18(3)4/h10-11,14H,5-9H2,1-4H3. The second-order valence-corrected chi connectivity index (χ2v) is 5.79. The Hall–Kier alpha value is -1.09. The van der Waals surface area contributed by atoms with Crippen molar-refractivity contribution in [2.75, 3.05) is 32.1 Å². The van der Waals surface area contributed by atoms with Crippen LogP contribution < -0.4 is 4.90 Å². The molecule has 0 atom stereocenters. The van der Waals surface area contributed by atoms with Crippen LogP contribution in [0.4, 0.5) is 10.1 Å². The molecule has 1 fully saturated rings. The third-order valence-electron chi connectivity index (χ3n) is 4.18. The summed E-state index contributed by atoms with van der Waals surface area (Å²) in [7, 11) is 4.26. The summed E-state index contributed by atoms with van der Waals surface area (Å²) in [6.45, 7) is 5.97. The number of aryl methyl sites for hydroxylation is 2. The monoisotopic (exact) mass is 264 g/mol. The van der Waals surface area contributed by atoms with Crippen LogP contribution in [0.25, 0.3) is 0 Å². The molecule has 1 saturated heterocycles. The number of nitrogens with zero attached hydrogens (tertiary/aromatic N) is 2. The van der Waals surface area contributed by atoms with Crippen LogP contribution in [0.2, 0.25) is 0 Å². The molecular formula is C16H25FN2. The van der Waals surface area contributed by atoms with E-state index in [2.05, 4.69) is 36.9 Å². The van der Waals surface area contributed by atoms with Crippen LogP contribution in [0.15, 0.2) is 12.1 Å². The van der Waals surface area contributed by atoms with Crippen LogP contribution >= 0.6 is 0 Å². The first kappa shape index (κ1) is 14.3. The average Bonchev–Trinajstić information content (AvgIpc) is 2.38. The van der Waals surface area contributed by atoms with Gasteiger partial charge in [0.1, 0.15) is 5.82 Å². The molecule has 0 spiro atoms. The van der Waals surface area contributed by atoms with Crippen molar-refractivity contribution in [2.24, 2.45) is 0 Å². The summed E-state index contributed by atoms with van der Waals surface area (Å²) in [4.78, 5) is 4.51. The van der Waals surface area contributed by atoms with Gasteiger partial charge in [0, 0.05) is 19.1 Å². The van der Waals surface area contributed by atoms with E-state index in [1.54, 1.807) is 6.07 Å². The third kappa shape index (κ3) is 3.08. The minimum absolute atomic E-state index is 0.0554. The minimum Gasteiger partial charge on any atom is -0.369 e. The van der Waals surface area contributed by atoms with Crippen molar-refractivity contribution in [1.29, 1.82) is 0 Å². The number of rotatable bonds is 3. The van der Waals surface area contributed by atoms with Gasteiger partial charge >= 0.3 is 0 Å². The van der Waals surface area contributed by atoms with Crippen LogP contribution in [0.3, 0.4) is 0 Å². The van der Waals surface area contributed by atoms with Crippen LogP contribution in [0.5, 0.6) is 0 Å². The van der Waals surface area contributed by atoms with Gasteiger partial charge in [-0.25, -0.2) is 4.39 Å². The highest BCUT2D eigenvalue weighted by Gasteiger charge is 2.24. The van der Waals surface area contributed by atoms with Gasteiger partial charge in [-0.3, -0.25) is 0 Å². The van der Waals surface area contributed by atoms with E-state index < -0.39 is 0 Å². The minimum atomic E-state index is -0.0554. The molecule has 0 bridgehead atoms. The normalized spacial score (nSPS) is 17.3. The molecule has 0 saturated carbocycles. The number of piperidine rings is 1. The summed E-state index contributed by atoms with van der Waals surface area (Å²) in [6, 6.07) is 4.41. The summed E-state index contributed by atoms with van der Waals surface area (Å²) in [5.41, 5.74) is 2.99. The molecule has 106 valence electrons. The van der Waals surface area contributed by atoms with Crippen molar-refractivity contribution in [1.82, 2.24) is 4.90 Å². The van der Waals surface area contributed by atoms with Gasteiger partial charge in [-0.05, 0) is 57.5 Å². The zero-order valence-electron chi connectivity index (χ0n) is 12.5. The summed E-state index contributed by atoms with van der Waals surface area (Å²) in [5.74, 6) is -0.0554. The van der Waals surface area contributed by atoms with E-state index in [1.165, 1.54) is 0 Å². The molecule has 1 aromatic rings. The van der Waals surface area contributed by atoms with Gasteiger partial charge in [0.2, 0.25) is 0 Å². The lowest BCUT2D eigenvalue weighted by Gasteiger charge is -2.37. The topological polar surface area (TPSA) is 6.48 Å². The van der Waals surface area contributed by atoms with Crippen molar-refractivity contribution in [3.05, 3.63) is 29.1 Å². The Bertz CT molecular complexity index is 435. The highest BCUT2D eigenvalue weighted by molar-refractivity contribution is 5.56. The molecule has 1 aliphatic rings. The van der Waals surface area contributed by atoms with E-state index in [0.29, 0.717) is 6.04 Å². The molecule has 19 heavy (non-hydrogen) atoms. The lowest BCUT2D eigenvalue weighted by atomic mass is 10.00. The first-order valence-electron chi connectivity index (χ1n) is 7.23. The Morgan fingerprint density at radius 3 is 2.42 bits per heavy atom. The number of hydrogen-bond donors (Lipinski definition) is 0. The average molecular weight is 264 g/mol. The lowest BCUT2D eigenvalue weighted by molar-refractivity contribution is 0.249. The van der Waals surface area contributed by atoms with E-state index in [1.807, 2.05) is 6.92 Å². The van der Waals surface area contributed by atoms with E-state index in [4.69, 9.17) is 0 Å². The largest absolute Gasteiger partial charge is 0.369 e. The number of hydrogen-bond acceptors (Lipinski definition) is 2. The molecule has 0 aliphatic carbocycles. The van der Waals surface area contributed by atoms with Crippen molar-refractivity contribution in [3.8, 4) is 0 Å². The predicted molar refractivity (Wildman–Crippen MR) is 79.4 cm³/mol. The zero-order valence-corrected chi connectivity index (χ0v) is 12.5. The van der Waals surface area contributed by atoms with Crippen molar-refractivity contribution >= 4 is 5.69 Å². The second-order valence-electron chi connectivity index (χ2n) is 5.79. The third-order valence-corrected chi connectivity index (χ3v) is 4.18. The molecule has 2 nitrogen and oxygen atoms in total. The van der Waals surface area contributed by atoms with E-state index in [9.17, 15) is 4.39 Å². The number of benzene rings is 1. The van der Waals surface area contributed by atoms with Gasteiger partial charge in [0.25, 0.3) is 0 Å². The molecule has 0 unspecified atom stereocenters. The number of anilines is 1. The predicted octanol–water partition coefficient (Wildman–Crippen LogP) is 3.23. The van der Waals surface area contributed by atoms with Crippen molar-refractivity contribution in [3.63, 3.8) is 0 Å². The molecule has 0 amide bonds. The Morgan fingerprint density at radius 2 is 1.89 bits per heavy atom. The van der Waals surface area contributed by atoms with Crippen LogP contribution in [-0.2, 0) is 6.42 Å². The first-order valence-corrected chi connectivity index (χ1v) is 7.23. The highest BCUT2D eigenvalue weighted by Crippen LogP contribution is 2.29. The second kappa shape index (κ2) is 5.91. The van der Waals surface area contributed by atoms with Crippen molar-refractivity contribution in [2.45, 2.75) is 39.2 Å². The molecule has 3 heteroatoms. The van der Waals surface area contributed by atoms with Gasteiger partial charge in [0.05, 0.1) is 5.69 Å². The fourth-order valence-corrected chi connectivity index (χ4v) is 3.04. The maximum Gasteiger partial charge on any atom is 0.147 e. The summed E-state index contributed by atoms with van der Waals surface area (Å²) in [6.07, 6.45) is 3.12. The quantitative estimate of drug-likeness (QED) is 0.827. The van der Waals surface area contributed by atoms with Gasteiger partial charge in [-0.2, -0.15) is 0 Å². The summed E-state index contributed by atoms with van der Waals surface area (Å²) >= 11 is 0. The first-order chi connectivity index (χ1) is 9.02. The highest BCUT2D eigenvalue weighted by atomic mass is 19.1. The maximum absolute atomic E-state index is 14.3. The molecule has 0 N–H and O–H groups in total. The van der Waals surface area contributed by atoms with Gasteiger partial charge in [-0.1, -0.05) is 13.0 Å². The van der Waals surface area contributed by atoms with E-state index in [0.717, 1.165) is 49.2 Å². The maximum atomic E-state index is 14.3. The molecule has 1 aliphatic heterocycles. The van der Waals surface area contributed by atoms with Crippen molar-refractivity contribution < 1.29 is 4.39 Å². The van der Waals surface area contributed by atoms with Gasteiger partial charge in [0.15, 0.2) is 0 Å².